The number of hydrogen-bond acceptors (Lipinski definition) is 7. The van der Waals surface area contributed by atoms with E-state index < -0.39 is 24.1 Å². The third-order valence-corrected chi connectivity index (χ3v) is 2.97. The molecule has 0 fully saturated rings. The molecule has 25 heavy (non-hydrogen) atoms. The van der Waals surface area contributed by atoms with Crippen LogP contribution in [0.1, 0.15) is 19.4 Å². The van der Waals surface area contributed by atoms with E-state index in [0.29, 0.717) is 0 Å². The second-order valence-corrected chi connectivity index (χ2v) is 4.88. The molecular weight excluding hydrogens is 328 g/mol. The summed E-state index contributed by atoms with van der Waals surface area (Å²) in [7, 11) is 1.17. The number of alkyl carbamates (subject to hydrolysis) is 1. The maximum atomic E-state index is 11.8. The van der Waals surface area contributed by atoms with Gasteiger partial charge in [0.05, 0.1) is 13.7 Å². The van der Waals surface area contributed by atoms with Crippen molar-refractivity contribution in [1.29, 1.82) is 0 Å². The summed E-state index contributed by atoms with van der Waals surface area (Å²) in [5, 5.41) is 4.93. The molecule has 1 rings (SSSR count). The zero-order valence-electron chi connectivity index (χ0n) is 14.4. The minimum Gasteiger partial charge on any atom is -0.464 e. The van der Waals surface area contributed by atoms with Crippen LogP contribution < -0.4 is 10.6 Å². The molecule has 0 heterocycles. The van der Waals surface area contributed by atoms with Crippen LogP contribution in [0, 0.1) is 0 Å². The van der Waals surface area contributed by atoms with E-state index in [1.54, 1.807) is 26.0 Å². The molecule has 0 radical (unpaired) electrons. The third kappa shape index (κ3) is 7.38. The van der Waals surface area contributed by atoms with E-state index in [0.717, 1.165) is 11.8 Å². The first-order valence-corrected chi connectivity index (χ1v) is 7.66. The Morgan fingerprint density at radius 1 is 1.16 bits per heavy atom. The van der Waals surface area contributed by atoms with Gasteiger partial charge in [-0.1, -0.05) is 30.3 Å². The van der Waals surface area contributed by atoms with Gasteiger partial charge in [0, 0.05) is 6.20 Å². The van der Waals surface area contributed by atoms with E-state index in [2.05, 4.69) is 15.4 Å². The molecule has 8 nitrogen and oxygen atoms in total. The first kappa shape index (κ1) is 20.0. The number of carbonyl (C=O) groups excluding carboxylic acids is 3. The molecule has 0 aliphatic carbocycles. The Morgan fingerprint density at radius 2 is 1.84 bits per heavy atom. The zero-order chi connectivity index (χ0) is 18.7. The third-order valence-electron chi connectivity index (χ3n) is 2.97. The van der Waals surface area contributed by atoms with Crippen LogP contribution in [0.3, 0.4) is 0 Å². The fourth-order valence-electron chi connectivity index (χ4n) is 1.67. The maximum absolute atomic E-state index is 11.8. The normalized spacial score (nSPS) is 11.9. The van der Waals surface area contributed by atoms with Crippen LogP contribution in [0.2, 0.25) is 0 Å². The second-order valence-electron chi connectivity index (χ2n) is 4.88. The molecule has 0 spiro atoms. The van der Waals surface area contributed by atoms with Gasteiger partial charge in [0.25, 0.3) is 0 Å². The first-order valence-electron chi connectivity index (χ1n) is 7.66. The van der Waals surface area contributed by atoms with Gasteiger partial charge >= 0.3 is 18.0 Å². The van der Waals surface area contributed by atoms with Crippen molar-refractivity contribution in [3.05, 3.63) is 47.8 Å². The molecule has 0 saturated carbocycles. The van der Waals surface area contributed by atoms with Crippen LogP contribution in [0.15, 0.2) is 42.2 Å². The molecule has 1 aromatic rings. The number of benzene rings is 1. The van der Waals surface area contributed by atoms with E-state index >= 15 is 0 Å². The molecule has 0 bridgehead atoms. The lowest BCUT2D eigenvalue weighted by Gasteiger charge is -2.13. The Bertz CT molecular complexity index is 615. The highest BCUT2D eigenvalue weighted by molar-refractivity contribution is 5.92. The quantitative estimate of drug-likeness (QED) is 0.416. The molecule has 1 atom stereocenters. The minimum atomic E-state index is -0.828. The predicted octanol–water partition coefficient (Wildman–Crippen LogP) is 1.47. The molecule has 8 heteroatoms. The lowest BCUT2D eigenvalue weighted by atomic mass is 10.2. The molecular formula is C17H22N2O6. The molecule has 0 saturated heterocycles. The van der Waals surface area contributed by atoms with E-state index in [9.17, 15) is 14.4 Å². The molecule has 0 aromatic heterocycles. The summed E-state index contributed by atoms with van der Waals surface area (Å²) in [5.74, 6) is -1.28. The lowest BCUT2D eigenvalue weighted by molar-refractivity contribution is -0.145. The average molecular weight is 350 g/mol. The summed E-state index contributed by atoms with van der Waals surface area (Å²) in [6.07, 6.45) is 0.336. The van der Waals surface area contributed by atoms with Crippen LogP contribution in [0.25, 0.3) is 0 Å². The first-order chi connectivity index (χ1) is 12.0. The summed E-state index contributed by atoms with van der Waals surface area (Å²) >= 11 is 0. The van der Waals surface area contributed by atoms with E-state index in [1.807, 2.05) is 18.2 Å². The van der Waals surface area contributed by atoms with Crippen LogP contribution in [-0.4, -0.2) is 37.8 Å². The van der Waals surface area contributed by atoms with Crippen LogP contribution in [0.5, 0.6) is 0 Å². The van der Waals surface area contributed by atoms with Crippen molar-refractivity contribution in [3.63, 3.8) is 0 Å². The standard InChI is InChI=1S/C17H22N2O6/c1-4-24-15(20)12(2)18-10-14(16(21)23-3)19-17(22)25-11-13-8-6-5-7-9-13/h5-10,12,18H,4,11H2,1-3H3,(H,19,22)/t12-/m0/s1. The lowest BCUT2D eigenvalue weighted by Crippen LogP contribution is -2.35. The molecule has 0 aliphatic heterocycles. The number of nitrogens with one attached hydrogen (secondary N) is 2. The fraction of sp³-hybridized carbons (Fsp3) is 0.353. The number of esters is 2. The van der Waals surface area contributed by atoms with Crippen LogP contribution in [-0.2, 0) is 30.4 Å². The monoisotopic (exact) mass is 350 g/mol. The summed E-state index contributed by atoms with van der Waals surface area (Å²) in [6.45, 7) is 3.53. The van der Waals surface area contributed by atoms with E-state index in [4.69, 9.17) is 9.47 Å². The summed E-state index contributed by atoms with van der Waals surface area (Å²) in [5.41, 5.74) is 0.604. The molecule has 0 unspecified atom stereocenters. The average Bonchev–Trinajstić information content (AvgIpc) is 2.63. The fourth-order valence-corrected chi connectivity index (χ4v) is 1.67. The van der Waals surface area contributed by atoms with Crippen molar-refractivity contribution in [3.8, 4) is 0 Å². The summed E-state index contributed by atoms with van der Waals surface area (Å²) in [4.78, 5) is 35.1. The van der Waals surface area contributed by atoms with E-state index in [1.165, 1.54) is 7.11 Å². The van der Waals surface area contributed by atoms with Gasteiger partial charge in [-0.2, -0.15) is 0 Å². The van der Waals surface area contributed by atoms with Crippen molar-refractivity contribution in [1.82, 2.24) is 10.6 Å². The smallest absolute Gasteiger partial charge is 0.412 e. The minimum absolute atomic E-state index is 0.0494. The van der Waals surface area contributed by atoms with E-state index in [-0.39, 0.29) is 18.9 Å². The Labute approximate surface area is 146 Å². The summed E-state index contributed by atoms with van der Waals surface area (Å²) in [6, 6.07) is 8.37. The number of amides is 1. The van der Waals surface area contributed by atoms with Gasteiger partial charge in [-0.25, -0.2) is 14.4 Å². The molecule has 136 valence electrons. The SMILES string of the molecule is CCOC(=O)[C@H](C)NC=C(NC(=O)OCc1ccccc1)C(=O)OC. The largest absolute Gasteiger partial charge is 0.464 e. The number of rotatable bonds is 8. The highest BCUT2D eigenvalue weighted by atomic mass is 16.6. The van der Waals surface area contributed by atoms with Crippen LogP contribution in [0.4, 0.5) is 4.79 Å². The highest BCUT2D eigenvalue weighted by Crippen LogP contribution is 2.02. The van der Waals surface area contributed by atoms with Gasteiger partial charge in [-0.05, 0) is 19.4 Å². The Balaban J connectivity index is 2.62. The van der Waals surface area contributed by atoms with Gasteiger partial charge in [0.1, 0.15) is 18.3 Å². The van der Waals surface area contributed by atoms with Crippen molar-refractivity contribution in [2.45, 2.75) is 26.5 Å². The topological polar surface area (TPSA) is 103 Å². The second kappa shape index (κ2) is 10.7. The zero-order valence-corrected chi connectivity index (χ0v) is 14.4. The molecule has 2 N–H and O–H groups in total. The number of carbonyl (C=O) groups is 3. The summed E-state index contributed by atoms with van der Waals surface area (Å²) < 4.78 is 14.4. The van der Waals surface area contributed by atoms with Crippen molar-refractivity contribution in [2.75, 3.05) is 13.7 Å². The van der Waals surface area contributed by atoms with Crippen molar-refractivity contribution >= 4 is 18.0 Å². The maximum Gasteiger partial charge on any atom is 0.412 e. The van der Waals surface area contributed by atoms with Crippen molar-refractivity contribution in [2.24, 2.45) is 0 Å². The molecule has 1 aromatic carbocycles. The van der Waals surface area contributed by atoms with Gasteiger partial charge in [-0.15, -0.1) is 0 Å². The highest BCUT2D eigenvalue weighted by Gasteiger charge is 2.17. The predicted molar refractivity (Wildman–Crippen MR) is 89.1 cm³/mol. The number of methoxy groups -OCH3 is 1. The number of hydrogen-bond donors (Lipinski definition) is 2. The van der Waals surface area contributed by atoms with Crippen LogP contribution >= 0.6 is 0 Å². The Kier molecular flexibility index (Phi) is 8.56. The molecule has 0 aliphatic rings. The Morgan fingerprint density at radius 3 is 2.44 bits per heavy atom. The van der Waals surface area contributed by atoms with Gasteiger partial charge in [0.15, 0.2) is 0 Å². The van der Waals surface area contributed by atoms with Gasteiger partial charge in [0.2, 0.25) is 0 Å². The van der Waals surface area contributed by atoms with Gasteiger partial charge < -0.3 is 19.5 Å². The van der Waals surface area contributed by atoms with Crippen molar-refractivity contribution < 1.29 is 28.6 Å². The van der Waals surface area contributed by atoms with Gasteiger partial charge in [-0.3, -0.25) is 5.32 Å². The number of ether oxygens (including phenoxy) is 3. The molecule has 1 amide bonds. The Hall–Kier alpha value is -3.03.